The van der Waals surface area contributed by atoms with Crippen molar-refractivity contribution in [1.29, 1.82) is 0 Å². The van der Waals surface area contributed by atoms with Gasteiger partial charge in [0.15, 0.2) is 17.3 Å². The lowest BCUT2D eigenvalue weighted by atomic mass is 10.2. The van der Waals surface area contributed by atoms with E-state index >= 15 is 0 Å². The first-order valence-corrected chi connectivity index (χ1v) is 8.36. The average Bonchev–Trinajstić information content (AvgIpc) is 2.71. The van der Waals surface area contributed by atoms with Crippen molar-refractivity contribution < 1.29 is 27.4 Å². The molecule has 29 heavy (non-hydrogen) atoms. The van der Waals surface area contributed by atoms with Crippen LogP contribution in [0.15, 0.2) is 65.8 Å². The minimum absolute atomic E-state index is 0.0134. The molecule has 0 saturated heterocycles. The molecule has 0 aliphatic carbocycles. The smallest absolute Gasteiger partial charge is 0.343 e. The summed E-state index contributed by atoms with van der Waals surface area (Å²) < 4.78 is 49.9. The van der Waals surface area contributed by atoms with E-state index in [0.29, 0.717) is 5.56 Å². The number of methoxy groups -OCH3 is 1. The van der Waals surface area contributed by atoms with Crippen LogP contribution in [0.1, 0.15) is 15.9 Å². The maximum atomic E-state index is 13.6. The summed E-state index contributed by atoms with van der Waals surface area (Å²) in [6, 6.07) is 12.7. The molecule has 0 unspecified atom stereocenters. The van der Waals surface area contributed by atoms with Crippen molar-refractivity contribution in [2.75, 3.05) is 12.5 Å². The fraction of sp³-hybridized carbons (Fsp3) is 0.0476. The van der Waals surface area contributed by atoms with E-state index in [-0.39, 0.29) is 22.7 Å². The number of hydrogen-bond donors (Lipinski definition) is 1. The van der Waals surface area contributed by atoms with Crippen molar-refractivity contribution in [2.24, 2.45) is 5.10 Å². The summed E-state index contributed by atoms with van der Waals surface area (Å²) in [7, 11) is 1.40. The molecule has 148 valence electrons. The molecule has 0 aliphatic rings. The number of hydrazone groups is 1. The van der Waals surface area contributed by atoms with Crippen LogP contribution in [0.2, 0.25) is 0 Å². The van der Waals surface area contributed by atoms with Crippen molar-refractivity contribution >= 4 is 17.9 Å². The molecule has 0 radical (unpaired) electrons. The molecule has 3 aromatic carbocycles. The zero-order chi connectivity index (χ0) is 20.8. The largest absolute Gasteiger partial charge is 0.493 e. The van der Waals surface area contributed by atoms with E-state index in [1.165, 1.54) is 37.6 Å². The Bertz CT molecular complexity index is 1050. The Kier molecular flexibility index (Phi) is 6.13. The predicted molar refractivity (Wildman–Crippen MR) is 102 cm³/mol. The summed E-state index contributed by atoms with van der Waals surface area (Å²) >= 11 is 0. The van der Waals surface area contributed by atoms with Crippen LogP contribution < -0.4 is 14.9 Å². The fourth-order valence-corrected chi connectivity index (χ4v) is 2.35. The molecule has 0 aliphatic heterocycles. The quantitative estimate of drug-likeness (QED) is 0.280. The number of benzene rings is 3. The van der Waals surface area contributed by atoms with Gasteiger partial charge in [-0.25, -0.2) is 18.0 Å². The van der Waals surface area contributed by atoms with Gasteiger partial charge in [0.25, 0.3) is 0 Å². The Morgan fingerprint density at radius 2 is 1.66 bits per heavy atom. The predicted octanol–water partition coefficient (Wildman–Crippen LogP) is 4.78. The first-order valence-electron chi connectivity index (χ1n) is 8.36. The highest BCUT2D eigenvalue weighted by molar-refractivity contribution is 5.91. The summed E-state index contributed by atoms with van der Waals surface area (Å²) in [6.45, 7) is 0. The standard InChI is InChI=1S/C21H15F3N2O3/c1-28-20-10-13(12-25-26-18-8-7-16(23)11-17(18)24)2-9-19(20)29-21(27)14-3-5-15(22)6-4-14/h2-12,26H,1H3/b25-12-. The van der Waals surface area contributed by atoms with Crippen molar-refractivity contribution in [3.05, 3.63) is 89.2 Å². The average molecular weight is 400 g/mol. The molecule has 0 amide bonds. The highest BCUT2D eigenvalue weighted by Crippen LogP contribution is 2.28. The zero-order valence-corrected chi connectivity index (χ0v) is 15.2. The third-order valence-corrected chi connectivity index (χ3v) is 3.80. The van der Waals surface area contributed by atoms with Gasteiger partial charge in [0.2, 0.25) is 0 Å². The highest BCUT2D eigenvalue weighted by atomic mass is 19.1. The van der Waals surface area contributed by atoms with Crippen LogP contribution >= 0.6 is 0 Å². The van der Waals surface area contributed by atoms with E-state index in [1.807, 2.05) is 0 Å². The number of ether oxygens (including phenoxy) is 2. The van der Waals surface area contributed by atoms with Gasteiger partial charge < -0.3 is 9.47 Å². The van der Waals surface area contributed by atoms with Crippen molar-refractivity contribution in [1.82, 2.24) is 0 Å². The van der Waals surface area contributed by atoms with E-state index in [9.17, 15) is 18.0 Å². The molecule has 0 fully saturated rings. The van der Waals surface area contributed by atoms with Crippen molar-refractivity contribution in [3.63, 3.8) is 0 Å². The molecule has 0 bridgehead atoms. The summed E-state index contributed by atoms with van der Waals surface area (Å²) in [5, 5.41) is 3.89. The number of nitrogens with zero attached hydrogens (tertiary/aromatic N) is 1. The van der Waals surface area contributed by atoms with Crippen LogP contribution in [-0.4, -0.2) is 19.3 Å². The van der Waals surface area contributed by atoms with Crippen LogP contribution in [0.4, 0.5) is 18.9 Å². The van der Waals surface area contributed by atoms with Gasteiger partial charge in [-0.15, -0.1) is 0 Å². The van der Waals surface area contributed by atoms with E-state index in [0.717, 1.165) is 24.3 Å². The van der Waals surface area contributed by atoms with Gasteiger partial charge in [-0.3, -0.25) is 5.43 Å². The molecule has 0 spiro atoms. The van der Waals surface area contributed by atoms with Crippen LogP contribution in [0.5, 0.6) is 11.5 Å². The Morgan fingerprint density at radius 3 is 2.34 bits per heavy atom. The number of hydrogen-bond acceptors (Lipinski definition) is 5. The van der Waals surface area contributed by atoms with Crippen LogP contribution in [-0.2, 0) is 0 Å². The molecule has 3 aromatic rings. The minimum atomic E-state index is -0.775. The third-order valence-electron chi connectivity index (χ3n) is 3.80. The maximum absolute atomic E-state index is 13.6. The molecular weight excluding hydrogens is 385 g/mol. The lowest BCUT2D eigenvalue weighted by molar-refractivity contribution is 0.0729. The molecule has 8 heteroatoms. The van der Waals surface area contributed by atoms with Gasteiger partial charge in [0.05, 0.1) is 24.6 Å². The molecular formula is C21H15F3N2O3. The van der Waals surface area contributed by atoms with Gasteiger partial charge in [0, 0.05) is 6.07 Å². The Labute approximate surface area is 164 Å². The summed E-state index contributed by atoms with van der Waals surface area (Å²) in [5.41, 5.74) is 3.24. The first kappa shape index (κ1) is 19.9. The second-order valence-electron chi connectivity index (χ2n) is 5.80. The zero-order valence-electron chi connectivity index (χ0n) is 15.2. The van der Waals surface area contributed by atoms with Crippen molar-refractivity contribution in [2.45, 2.75) is 0 Å². The Balaban J connectivity index is 1.71. The van der Waals surface area contributed by atoms with Gasteiger partial charge in [-0.2, -0.15) is 5.10 Å². The van der Waals surface area contributed by atoms with Crippen LogP contribution in [0.3, 0.4) is 0 Å². The topological polar surface area (TPSA) is 59.9 Å². The normalized spacial score (nSPS) is 10.8. The molecule has 5 nitrogen and oxygen atoms in total. The summed E-state index contributed by atoms with van der Waals surface area (Å²) in [6.07, 6.45) is 1.39. The number of anilines is 1. The Morgan fingerprint density at radius 1 is 0.931 bits per heavy atom. The first-order chi connectivity index (χ1) is 14.0. The number of esters is 1. The van der Waals surface area contributed by atoms with Gasteiger partial charge in [-0.05, 0) is 60.2 Å². The van der Waals surface area contributed by atoms with E-state index < -0.39 is 23.4 Å². The third kappa shape index (κ3) is 5.13. The van der Waals surface area contributed by atoms with E-state index in [4.69, 9.17) is 9.47 Å². The van der Waals surface area contributed by atoms with Gasteiger partial charge >= 0.3 is 5.97 Å². The Hall–Kier alpha value is -3.81. The molecule has 3 rings (SSSR count). The second kappa shape index (κ2) is 8.92. The van der Waals surface area contributed by atoms with E-state index in [2.05, 4.69) is 10.5 Å². The van der Waals surface area contributed by atoms with Gasteiger partial charge in [-0.1, -0.05) is 0 Å². The molecule has 0 heterocycles. The molecule has 0 atom stereocenters. The monoisotopic (exact) mass is 400 g/mol. The number of carbonyl (C=O) groups excluding carboxylic acids is 1. The number of nitrogens with one attached hydrogen (secondary N) is 1. The van der Waals surface area contributed by atoms with Crippen LogP contribution in [0, 0.1) is 17.5 Å². The SMILES string of the molecule is COc1cc(/C=N\Nc2ccc(F)cc2F)ccc1OC(=O)c1ccc(F)cc1. The van der Waals surface area contributed by atoms with Gasteiger partial charge in [0.1, 0.15) is 11.6 Å². The van der Waals surface area contributed by atoms with E-state index in [1.54, 1.807) is 12.1 Å². The second-order valence-corrected chi connectivity index (χ2v) is 5.80. The minimum Gasteiger partial charge on any atom is -0.493 e. The number of rotatable bonds is 6. The molecule has 1 N–H and O–H groups in total. The lowest BCUT2D eigenvalue weighted by Crippen LogP contribution is -2.09. The van der Waals surface area contributed by atoms with Crippen LogP contribution in [0.25, 0.3) is 0 Å². The van der Waals surface area contributed by atoms with Crippen molar-refractivity contribution in [3.8, 4) is 11.5 Å². The highest BCUT2D eigenvalue weighted by Gasteiger charge is 2.13. The fourth-order valence-electron chi connectivity index (χ4n) is 2.35. The molecule has 0 aromatic heterocycles. The summed E-state index contributed by atoms with van der Waals surface area (Å²) in [5.74, 6) is -2.17. The summed E-state index contributed by atoms with van der Waals surface area (Å²) in [4.78, 5) is 12.2. The number of carbonyl (C=O) groups is 1. The maximum Gasteiger partial charge on any atom is 0.343 e. The lowest BCUT2D eigenvalue weighted by Gasteiger charge is -2.10. The number of halogens is 3. The molecule has 0 saturated carbocycles.